The highest BCUT2D eigenvalue weighted by molar-refractivity contribution is 5.85. The van der Waals surface area contributed by atoms with Gasteiger partial charge in [-0.2, -0.15) is 0 Å². The van der Waals surface area contributed by atoms with Crippen LogP contribution in [-0.4, -0.2) is 49.7 Å². The molecular formula is C7H13ClN2O2. The number of amides is 1. The van der Waals surface area contributed by atoms with Crippen molar-refractivity contribution in [3.8, 4) is 0 Å². The van der Waals surface area contributed by atoms with Crippen LogP contribution in [0.4, 0.5) is 0 Å². The molecule has 0 aromatic heterocycles. The fraction of sp³-hybridized carbons (Fsp3) is 0.857. The predicted molar refractivity (Wildman–Crippen MR) is 46.4 cm³/mol. The van der Waals surface area contributed by atoms with E-state index < -0.39 is 0 Å². The molecule has 0 atom stereocenters. The summed E-state index contributed by atoms with van der Waals surface area (Å²) in [6, 6.07) is 0. The Balaban J connectivity index is 0.000000720. The average Bonchev–Trinajstić information content (AvgIpc) is 2.02. The fourth-order valence-electron chi connectivity index (χ4n) is 1.58. The minimum absolute atomic E-state index is 0. The van der Waals surface area contributed by atoms with Gasteiger partial charge >= 0.3 is 0 Å². The van der Waals surface area contributed by atoms with E-state index in [0.717, 1.165) is 32.6 Å². The van der Waals surface area contributed by atoms with Gasteiger partial charge in [0.15, 0.2) is 0 Å². The molecule has 2 rings (SSSR count). The number of nitrogens with zero attached hydrogens (tertiary/aromatic N) is 1. The lowest BCUT2D eigenvalue weighted by molar-refractivity contribution is -0.149. The number of nitrogens with one attached hydrogen (secondary N) is 1. The summed E-state index contributed by atoms with van der Waals surface area (Å²) in [5.74, 6) is 0. The molecule has 1 N–H and O–H groups in total. The number of hydrogen-bond donors (Lipinski definition) is 1. The minimum atomic E-state index is -0.0425. The molecule has 4 nitrogen and oxygen atoms in total. The zero-order chi connectivity index (χ0) is 7.73. The molecule has 1 spiro atoms. The summed E-state index contributed by atoms with van der Waals surface area (Å²) < 4.78 is 5.57. The molecular weight excluding hydrogens is 180 g/mol. The Kier molecular flexibility index (Phi) is 2.93. The van der Waals surface area contributed by atoms with Crippen LogP contribution in [-0.2, 0) is 9.53 Å². The zero-order valence-electron chi connectivity index (χ0n) is 6.78. The zero-order valence-corrected chi connectivity index (χ0v) is 7.60. The molecule has 5 heteroatoms. The maximum atomic E-state index is 10.4. The molecule has 0 saturated carbocycles. The van der Waals surface area contributed by atoms with Crippen LogP contribution in [0, 0.1) is 0 Å². The lowest BCUT2D eigenvalue weighted by Gasteiger charge is -2.47. The molecule has 2 heterocycles. The third-order valence-corrected chi connectivity index (χ3v) is 2.32. The van der Waals surface area contributed by atoms with E-state index in [0.29, 0.717) is 6.61 Å². The highest BCUT2D eigenvalue weighted by Gasteiger charge is 2.41. The molecule has 2 aliphatic heterocycles. The monoisotopic (exact) mass is 192 g/mol. The van der Waals surface area contributed by atoms with E-state index in [1.165, 1.54) is 0 Å². The highest BCUT2D eigenvalue weighted by Crippen LogP contribution is 2.20. The number of carbonyl (C=O) groups excluding carboxylic acids is 1. The Morgan fingerprint density at radius 2 is 2.25 bits per heavy atom. The number of hydrogen-bond acceptors (Lipinski definition) is 3. The van der Waals surface area contributed by atoms with Gasteiger partial charge in [0.2, 0.25) is 6.41 Å². The molecule has 1 amide bonds. The third-order valence-electron chi connectivity index (χ3n) is 2.32. The number of halogens is 1. The van der Waals surface area contributed by atoms with Gasteiger partial charge in [0, 0.05) is 19.6 Å². The van der Waals surface area contributed by atoms with Crippen molar-refractivity contribution in [2.45, 2.75) is 5.60 Å². The van der Waals surface area contributed by atoms with Gasteiger partial charge in [-0.3, -0.25) is 4.79 Å². The topological polar surface area (TPSA) is 41.6 Å². The molecule has 12 heavy (non-hydrogen) atoms. The molecule has 0 unspecified atom stereocenters. The Hall–Kier alpha value is -0.320. The van der Waals surface area contributed by atoms with Gasteiger partial charge in [-0.15, -0.1) is 12.4 Å². The minimum Gasteiger partial charge on any atom is -0.369 e. The number of rotatable bonds is 1. The van der Waals surface area contributed by atoms with E-state index in [1.807, 2.05) is 0 Å². The largest absolute Gasteiger partial charge is 0.369 e. The van der Waals surface area contributed by atoms with E-state index in [4.69, 9.17) is 4.74 Å². The molecule has 0 radical (unpaired) electrons. The molecule has 0 aromatic carbocycles. The van der Waals surface area contributed by atoms with Crippen LogP contribution >= 0.6 is 12.4 Å². The van der Waals surface area contributed by atoms with Crippen molar-refractivity contribution in [1.82, 2.24) is 10.2 Å². The van der Waals surface area contributed by atoms with Gasteiger partial charge in [0.25, 0.3) is 0 Å². The van der Waals surface area contributed by atoms with Gasteiger partial charge in [-0.05, 0) is 0 Å². The second-order valence-electron chi connectivity index (χ2n) is 3.21. The van der Waals surface area contributed by atoms with E-state index >= 15 is 0 Å². The first kappa shape index (κ1) is 9.77. The van der Waals surface area contributed by atoms with Crippen molar-refractivity contribution >= 4 is 18.8 Å². The maximum absolute atomic E-state index is 10.4. The number of morpholine rings is 1. The molecule has 2 aliphatic rings. The van der Waals surface area contributed by atoms with Gasteiger partial charge < -0.3 is 15.0 Å². The summed E-state index contributed by atoms with van der Waals surface area (Å²) in [5.41, 5.74) is -0.0425. The van der Waals surface area contributed by atoms with E-state index in [-0.39, 0.29) is 18.0 Å². The predicted octanol–water partition coefficient (Wildman–Crippen LogP) is -0.761. The van der Waals surface area contributed by atoms with Crippen LogP contribution in [0.15, 0.2) is 0 Å². The van der Waals surface area contributed by atoms with Crippen molar-refractivity contribution in [1.29, 1.82) is 0 Å². The van der Waals surface area contributed by atoms with Crippen LogP contribution in [0.1, 0.15) is 0 Å². The van der Waals surface area contributed by atoms with E-state index in [9.17, 15) is 4.79 Å². The van der Waals surface area contributed by atoms with Crippen molar-refractivity contribution in [3.63, 3.8) is 0 Å². The van der Waals surface area contributed by atoms with Crippen LogP contribution in [0.3, 0.4) is 0 Å². The Morgan fingerprint density at radius 3 is 2.75 bits per heavy atom. The van der Waals surface area contributed by atoms with Crippen LogP contribution in [0.5, 0.6) is 0 Å². The number of carbonyl (C=O) groups is 1. The number of ether oxygens (including phenoxy) is 1. The Bertz CT molecular complexity index is 173. The fourth-order valence-corrected chi connectivity index (χ4v) is 1.58. The van der Waals surface area contributed by atoms with Crippen LogP contribution in [0.2, 0.25) is 0 Å². The molecule has 0 aliphatic carbocycles. The van der Waals surface area contributed by atoms with Crippen molar-refractivity contribution in [2.75, 3.05) is 32.8 Å². The summed E-state index contributed by atoms with van der Waals surface area (Å²) in [4.78, 5) is 12.2. The van der Waals surface area contributed by atoms with Crippen molar-refractivity contribution in [3.05, 3.63) is 0 Å². The molecule has 2 saturated heterocycles. The van der Waals surface area contributed by atoms with Crippen LogP contribution < -0.4 is 5.32 Å². The Morgan fingerprint density at radius 1 is 1.50 bits per heavy atom. The van der Waals surface area contributed by atoms with E-state index in [2.05, 4.69) is 5.32 Å². The van der Waals surface area contributed by atoms with Gasteiger partial charge in [-0.1, -0.05) is 0 Å². The Labute approximate surface area is 77.7 Å². The van der Waals surface area contributed by atoms with Crippen molar-refractivity contribution < 1.29 is 9.53 Å². The maximum Gasteiger partial charge on any atom is 0.209 e. The molecule has 2 fully saturated rings. The van der Waals surface area contributed by atoms with Crippen molar-refractivity contribution in [2.24, 2.45) is 0 Å². The summed E-state index contributed by atoms with van der Waals surface area (Å²) in [5, 5.41) is 3.15. The summed E-state index contributed by atoms with van der Waals surface area (Å²) >= 11 is 0. The average molecular weight is 193 g/mol. The normalized spacial score (nSPS) is 25.8. The summed E-state index contributed by atoms with van der Waals surface area (Å²) in [7, 11) is 0. The second-order valence-corrected chi connectivity index (χ2v) is 3.21. The summed E-state index contributed by atoms with van der Waals surface area (Å²) in [6.45, 7) is 3.95. The van der Waals surface area contributed by atoms with Gasteiger partial charge in [0.05, 0.1) is 13.2 Å². The lowest BCUT2D eigenvalue weighted by atomic mass is 9.95. The van der Waals surface area contributed by atoms with Crippen LogP contribution in [0.25, 0.3) is 0 Å². The van der Waals surface area contributed by atoms with Gasteiger partial charge in [-0.25, -0.2) is 0 Å². The third kappa shape index (κ3) is 1.55. The summed E-state index contributed by atoms with van der Waals surface area (Å²) in [6.07, 6.45) is 0.905. The second kappa shape index (κ2) is 3.60. The lowest BCUT2D eigenvalue weighted by Crippen LogP contribution is -2.68. The first-order chi connectivity index (χ1) is 5.35. The SMILES string of the molecule is Cl.O=CN1CCOC2(CNC2)C1. The standard InChI is InChI=1S/C7H12N2O2.ClH/c10-6-9-1-2-11-7(5-9)3-8-4-7;/h6,8H,1-5H2;1H. The molecule has 70 valence electrons. The highest BCUT2D eigenvalue weighted by atomic mass is 35.5. The first-order valence-corrected chi connectivity index (χ1v) is 3.89. The smallest absolute Gasteiger partial charge is 0.209 e. The first-order valence-electron chi connectivity index (χ1n) is 3.89. The molecule has 0 aromatic rings. The van der Waals surface area contributed by atoms with Gasteiger partial charge in [0.1, 0.15) is 5.60 Å². The molecule has 0 bridgehead atoms. The quantitative estimate of drug-likeness (QED) is 0.556. The van der Waals surface area contributed by atoms with E-state index in [1.54, 1.807) is 4.90 Å².